The normalized spacial score (nSPS) is 12.6. The van der Waals surface area contributed by atoms with Crippen LogP contribution in [0.1, 0.15) is 13.3 Å². The van der Waals surface area contributed by atoms with E-state index in [0.717, 1.165) is 0 Å². The number of nitrogens with zero attached hydrogens (tertiary/aromatic N) is 2. The Balaban J connectivity index is 0.00000450. The second kappa shape index (κ2) is 13.3. The standard InChI is InChI=1S/C19H26FN5O3S.HI/c1-3-16(28-17-7-4-6-15(20)12-17)13-24-19(21-2)23-10-11-25-29(26,27)18-8-5-9-22-14-18;/h4-9,12,14,16,25H,3,10-11,13H2,1-2H3,(H2,21,23,24);1H. The van der Waals surface area contributed by atoms with Crippen molar-refractivity contribution in [3.63, 3.8) is 0 Å². The van der Waals surface area contributed by atoms with Crippen molar-refractivity contribution < 1.29 is 17.5 Å². The Morgan fingerprint density at radius 2 is 2.03 bits per heavy atom. The van der Waals surface area contributed by atoms with Crippen LogP contribution in [0.4, 0.5) is 4.39 Å². The molecule has 0 saturated carbocycles. The fraction of sp³-hybridized carbons (Fsp3) is 0.368. The van der Waals surface area contributed by atoms with Gasteiger partial charge >= 0.3 is 0 Å². The molecule has 1 unspecified atom stereocenters. The van der Waals surface area contributed by atoms with Gasteiger partial charge in [-0.2, -0.15) is 0 Å². The molecule has 0 aliphatic heterocycles. The highest BCUT2D eigenvalue weighted by Crippen LogP contribution is 2.14. The van der Waals surface area contributed by atoms with E-state index in [-0.39, 0.29) is 47.3 Å². The van der Waals surface area contributed by atoms with E-state index in [1.54, 1.807) is 25.2 Å². The molecule has 0 aliphatic carbocycles. The summed E-state index contributed by atoms with van der Waals surface area (Å²) in [5, 5.41) is 6.14. The molecule has 0 amide bonds. The van der Waals surface area contributed by atoms with Gasteiger partial charge in [-0.1, -0.05) is 13.0 Å². The maximum absolute atomic E-state index is 13.3. The molecule has 0 spiro atoms. The van der Waals surface area contributed by atoms with Crippen LogP contribution in [0, 0.1) is 5.82 Å². The smallest absolute Gasteiger partial charge is 0.242 e. The number of hydrogen-bond acceptors (Lipinski definition) is 5. The molecule has 2 rings (SSSR count). The third-order valence-electron chi connectivity index (χ3n) is 3.93. The third kappa shape index (κ3) is 8.79. The number of nitrogens with one attached hydrogen (secondary N) is 3. The van der Waals surface area contributed by atoms with Crippen LogP contribution in [0.5, 0.6) is 5.75 Å². The van der Waals surface area contributed by atoms with Crippen LogP contribution in [0.15, 0.2) is 58.7 Å². The molecular weight excluding hydrogens is 524 g/mol. The van der Waals surface area contributed by atoms with E-state index < -0.39 is 10.0 Å². The zero-order valence-corrected chi connectivity index (χ0v) is 20.0. The monoisotopic (exact) mass is 551 g/mol. The minimum atomic E-state index is -3.60. The maximum Gasteiger partial charge on any atom is 0.242 e. The van der Waals surface area contributed by atoms with Crippen molar-refractivity contribution in [1.82, 2.24) is 20.3 Å². The van der Waals surface area contributed by atoms with Crippen molar-refractivity contribution in [1.29, 1.82) is 0 Å². The Morgan fingerprint density at radius 1 is 1.23 bits per heavy atom. The Morgan fingerprint density at radius 3 is 2.67 bits per heavy atom. The van der Waals surface area contributed by atoms with Crippen molar-refractivity contribution >= 4 is 40.0 Å². The van der Waals surface area contributed by atoms with Crippen LogP contribution in [-0.4, -0.2) is 52.1 Å². The zero-order valence-electron chi connectivity index (χ0n) is 16.8. The predicted molar refractivity (Wildman–Crippen MR) is 125 cm³/mol. The third-order valence-corrected chi connectivity index (χ3v) is 5.38. The van der Waals surface area contributed by atoms with Gasteiger partial charge in [0.1, 0.15) is 22.6 Å². The van der Waals surface area contributed by atoms with Gasteiger partial charge in [-0.3, -0.25) is 9.98 Å². The molecule has 8 nitrogen and oxygen atoms in total. The van der Waals surface area contributed by atoms with Gasteiger partial charge in [-0.25, -0.2) is 17.5 Å². The van der Waals surface area contributed by atoms with Crippen LogP contribution in [-0.2, 0) is 10.0 Å². The molecule has 1 aromatic heterocycles. The lowest BCUT2D eigenvalue weighted by atomic mass is 10.2. The summed E-state index contributed by atoms with van der Waals surface area (Å²) < 4.78 is 45.8. The van der Waals surface area contributed by atoms with Gasteiger partial charge in [0.2, 0.25) is 10.0 Å². The van der Waals surface area contributed by atoms with Crippen molar-refractivity contribution in [2.24, 2.45) is 4.99 Å². The molecule has 2 aromatic rings. The maximum atomic E-state index is 13.3. The number of halogens is 2. The molecule has 3 N–H and O–H groups in total. The van der Waals surface area contributed by atoms with E-state index >= 15 is 0 Å². The number of aliphatic imine (C=N–C) groups is 1. The largest absolute Gasteiger partial charge is 0.489 e. The molecule has 0 fully saturated rings. The van der Waals surface area contributed by atoms with Gasteiger partial charge in [-0.15, -0.1) is 24.0 Å². The van der Waals surface area contributed by atoms with E-state index in [9.17, 15) is 12.8 Å². The minimum absolute atomic E-state index is 0. The number of benzene rings is 1. The summed E-state index contributed by atoms with van der Waals surface area (Å²) in [4.78, 5) is 8.02. The predicted octanol–water partition coefficient (Wildman–Crippen LogP) is 2.14. The Labute approximate surface area is 193 Å². The highest BCUT2D eigenvalue weighted by molar-refractivity contribution is 14.0. The number of guanidine groups is 1. The zero-order chi connectivity index (χ0) is 21.1. The van der Waals surface area contributed by atoms with E-state index in [2.05, 4.69) is 25.3 Å². The van der Waals surface area contributed by atoms with E-state index in [1.807, 2.05) is 6.92 Å². The van der Waals surface area contributed by atoms with Gasteiger partial charge < -0.3 is 15.4 Å². The summed E-state index contributed by atoms with van der Waals surface area (Å²) in [6, 6.07) is 9.04. The Bertz CT molecular complexity index is 900. The van der Waals surface area contributed by atoms with Crippen LogP contribution < -0.4 is 20.1 Å². The number of pyridine rings is 1. The molecule has 0 saturated heterocycles. The van der Waals surface area contributed by atoms with Crippen molar-refractivity contribution in [3.8, 4) is 5.75 Å². The van der Waals surface area contributed by atoms with Crippen LogP contribution in [0.2, 0.25) is 0 Å². The molecule has 11 heteroatoms. The fourth-order valence-electron chi connectivity index (χ4n) is 2.39. The highest BCUT2D eigenvalue weighted by Gasteiger charge is 2.13. The van der Waals surface area contributed by atoms with Crippen molar-refractivity contribution in [2.45, 2.75) is 24.3 Å². The van der Waals surface area contributed by atoms with Gasteiger partial charge in [0.25, 0.3) is 0 Å². The van der Waals surface area contributed by atoms with E-state index in [0.29, 0.717) is 31.2 Å². The lowest BCUT2D eigenvalue weighted by Gasteiger charge is -2.20. The van der Waals surface area contributed by atoms with Crippen LogP contribution in [0.25, 0.3) is 0 Å². The molecule has 0 bridgehead atoms. The second-order valence-electron chi connectivity index (χ2n) is 6.07. The minimum Gasteiger partial charge on any atom is -0.489 e. The lowest BCUT2D eigenvalue weighted by molar-refractivity contribution is 0.199. The van der Waals surface area contributed by atoms with Crippen LogP contribution in [0.3, 0.4) is 0 Å². The number of aromatic nitrogens is 1. The first-order chi connectivity index (χ1) is 13.9. The van der Waals surface area contributed by atoms with Crippen LogP contribution >= 0.6 is 24.0 Å². The van der Waals surface area contributed by atoms with Gasteiger partial charge in [0, 0.05) is 38.6 Å². The summed E-state index contributed by atoms with van der Waals surface area (Å²) in [6.45, 7) is 2.93. The summed E-state index contributed by atoms with van der Waals surface area (Å²) in [6.07, 6.45) is 3.34. The van der Waals surface area contributed by atoms with E-state index in [4.69, 9.17) is 4.74 Å². The molecule has 30 heavy (non-hydrogen) atoms. The number of ether oxygens (including phenoxy) is 1. The molecule has 0 aliphatic rings. The molecule has 0 radical (unpaired) electrons. The number of sulfonamides is 1. The number of hydrogen-bond donors (Lipinski definition) is 3. The van der Waals surface area contributed by atoms with Gasteiger partial charge in [0.15, 0.2) is 5.96 Å². The summed E-state index contributed by atoms with van der Waals surface area (Å²) >= 11 is 0. The molecule has 1 heterocycles. The Kier molecular flexibility index (Phi) is 11.6. The summed E-state index contributed by atoms with van der Waals surface area (Å²) in [5.41, 5.74) is 0. The quantitative estimate of drug-likeness (QED) is 0.181. The van der Waals surface area contributed by atoms with Gasteiger partial charge in [0.05, 0.1) is 6.54 Å². The molecule has 1 aromatic carbocycles. The second-order valence-corrected chi connectivity index (χ2v) is 7.84. The first-order valence-corrected chi connectivity index (χ1v) is 10.7. The van der Waals surface area contributed by atoms with Gasteiger partial charge in [-0.05, 0) is 30.7 Å². The average Bonchev–Trinajstić information content (AvgIpc) is 2.73. The highest BCUT2D eigenvalue weighted by atomic mass is 127. The average molecular weight is 551 g/mol. The lowest BCUT2D eigenvalue weighted by Crippen LogP contribution is -2.44. The first-order valence-electron chi connectivity index (χ1n) is 9.21. The Hall–Kier alpha value is -1.99. The summed E-state index contributed by atoms with van der Waals surface area (Å²) in [7, 11) is -1.98. The first kappa shape index (κ1) is 26.0. The summed E-state index contributed by atoms with van der Waals surface area (Å²) in [5.74, 6) is 0.620. The topological polar surface area (TPSA) is 105 Å². The van der Waals surface area contributed by atoms with E-state index in [1.165, 1.54) is 30.6 Å². The SMILES string of the molecule is CCC(CNC(=NC)NCCNS(=O)(=O)c1cccnc1)Oc1cccc(F)c1.I. The fourth-order valence-corrected chi connectivity index (χ4v) is 3.38. The molecule has 166 valence electrons. The molecular formula is C19H27FIN5O3S. The van der Waals surface area contributed by atoms with Crippen molar-refractivity contribution in [3.05, 3.63) is 54.6 Å². The van der Waals surface area contributed by atoms with Crippen molar-refractivity contribution in [2.75, 3.05) is 26.7 Å². The number of rotatable bonds is 10. The molecule has 1 atom stereocenters.